The summed E-state index contributed by atoms with van der Waals surface area (Å²) in [5.74, 6) is 0.927. The van der Waals surface area contributed by atoms with Gasteiger partial charge in [-0.15, -0.1) is 0 Å². The van der Waals surface area contributed by atoms with Crippen LogP contribution >= 0.6 is 15.9 Å². The summed E-state index contributed by atoms with van der Waals surface area (Å²) >= 11 is 3.55. The predicted octanol–water partition coefficient (Wildman–Crippen LogP) is 3.40. The highest BCUT2D eigenvalue weighted by atomic mass is 79.9. The lowest BCUT2D eigenvalue weighted by atomic mass is 10.1. The Labute approximate surface area is 113 Å². The highest BCUT2D eigenvalue weighted by Gasteiger charge is 2.23. The lowest BCUT2D eigenvalue weighted by Gasteiger charge is -2.23. The van der Waals surface area contributed by atoms with Gasteiger partial charge in [-0.3, -0.25) is 0 Å². The Morgan fingerprint density at radius 1 is 1.41 bits per heavy atom. The molecule has 0 bridgehead atoms. The minimum Gasteiger partial charge on any atom is -0.374 e. The normalized spacial score (nSPS) is 15.0. The van der Waals surface area contributed by atoms with Crippen LogP contribution in [0.25, 0.3) is 0 Å². The summed E-state index contributed by atoms with van der Waals surface area (Å²) in [6.07, 6.45) is 2.81. The standard InChI is InChI=1S/C14H21BrN2/c1-3-16-9-12-8-13(15)6-7-14(12)17(2)10-11-4-5-11/h6-8,11,16H,3-5,9-10H2,1-2H3. The van der Waals surface area contributed by atoms with Crippen LogP contribution in [0.1, 0.15) is 25.3 Å². The van der Waals surface area contributed by atoms with Crippen molar-refractivity contribution < 1.29 is 0 Å². The van der Waals surface area contributed by atoms with Crippen LogP contribution in [0.15, 0.2) is 22.7 Å². The van der Waals surface area contributed by atoms with Crippen molar-refractivity contribution >= 4 is 21.6 Å². The molecule has 0 aromatic heterocycles. The fraction of sp³-hybridized carbons (Fsp3) is 0.571. The van der Waals surface area contributed by atoms with E-state index in [4.69, 9.17) is 0 Å². The zero-order valence-electron chi connectivity index (χ0n) is 10.7. The Morgan fingerprint density at radius 2 is 2.18 bits per heavy atom. The van der Waals surface area contributed by atoms with Crippen LogP contribution < -0.4 is 10.2 Å². The van der Waals surface area contributed by atoms with Crippen molar-refractivity contribution in [2.45, 2.75) is 26.3 Å². The fourth-order valence-electron chi connectivity index (χ4n) is 2.11. The predicted molar refractivity (Wildman–Crippen MR) is 77.5 cm³/mol. The van der Waals surface area contributed by atoms with E-state index in [1.165, 1.54) is 30.6 Å². The molecule has 0 amide bonds. The minimum atomic E-state index is 0.927. The van der Waals surface area contributed by atoms with Crippen LogP contribution in [-0.4, -0.2) is 20.1 Å². The molecule has 0 unspecified atom stereocenters. The Morgan fingerprint density at radius 3 is 2.82 bits per heavy atom. The number of anilines is 1. The zero-order chi connectivity index (χ0) is 12.3. The molecule has 94 valence electrons. The smallest absolute Gasteiger partial charge is 0.0410 e. The Bertz CT molecular complexity index is 374. The molecule has 1 aromatic carbocycles. The van der Waals surface area contributed by atoms with E-state index < -0.39 is 0 Å². The van der Waals surface area contributed by atoms with E-state index in [0.717, 1.165) is 23.5 Å². The van der Waals surface area contributed by atoms with Crippen molar-refractivity contribution in [1.29, 1.82) is 0 Å². The second-order valence-corrected chi connectivity index (χ2v) is 5.79. The molecule has 1 aliphatic carbocycles. The molecular formula is C14H21BrN2. The summed E-state index contributed by atoms with van der Waals surface area (Å²) in [5, 5.41) is 3.41. The molecular weight excluding hydrogens is 276 g/mol. The first-order chi connectivity index (χ1) is 8.20. The van der Waals surface area contributed by atoms with Gasteiger partial charge in [-0.1, -0.05) is 22.9 Å². The minimum absolute atomic E-state index is 0.927. The van der Waals surface area contributed by atoms with E-state index >= 15 is 0 Å². The van der Waals surface area contributed by atoms with Crippen LogP contribution in [0.4, 0.5) is 5.69 Å². The molecule has 2 nitrogen and oxygen atoms in total. The van der Waals surface area contributed by atoms with E-state index in [1.54, 1.807) is 0 Å². The fourth-order valence-corrected chi connectivity index (χ4v) is 2.52. The number of nitrogens with zero attached hydrogens (tertiary/aromatic N) is 1. The summed E-state index contributed by atoms with van der Waals surface area (Å²) in [6.45, 7) is 5.30. The van der Waals surface area contributed by atoms with Gasteiger partial charge < -0.3 is 10.2 Å². The topological polar surface area (TPSA) is 15.3 Å². The van der Waals surface area contributed by atoms with Crippen molar-refractivity contribution in [2.75, 3.05) is 25.0 Å². The number of benzene rings is 1. The van der Waals surface area contributed by atoms with Gasteiger partial charge in [-0.05, 0) is 49.1 Å². The molecule has 0 aliphatic heterocycles. The van der Waals surface area contributed by atoms with Gasteiger partial charge in [0.1, 0.15) is 0 Å². The summed E-state index contributed by atoms with van der Waals surface area (Å²) in [4.78, 5) is 2.40. The van der Waals surface area contributed by atoms with Crippen LogP contribution in [0.2, 0.25) is 0 Å². The third kappa shape index (κ3) is 3.71. The molecule has 0 atom stereocenters. The second-order valence-electron chi connectivity index (χ2n) is 4.88. The Hall–Kier alpha value is -0.540. The quantitative estimate of drug-likeness (QED) is 0.865. The lowest BCUT2D eigenvalue weighted by molar-refractivity contribution is 0.718. The van der Waals surface area contributed by atoms with Gasteiger partial charge in [0.25, 0.3) is 0 Å². The molecule has 1 fully saturated rings. The van der Waals surface area contributed by atoms with E-state index in [9.17, 15) is 0 Å². The maximum absolute atomic E-state index is 3.55. The Balaban J connectivity index is 2.11. The zero-order valence-corrected chi connectivity index (χ0v) is 12.3. The van der Waals surface area contributed by atoms with Crippen molar-refractivity contribution in [3.05, 3.63) is 28.2 Å². The van der Waals surface area contributed by atoms with Gasteiger partial charge in [-0.25, -0.2) is 0 Å². The van der Waals surface area contributed by atoms with Crippen molar-refractivity contribution in [2.24, 2.45) is 5.92 Å². The molecule has 2 rings (SSSR count). The summed E-state index contributed by atoms with van der Waals surface area (Å²) in [7, 11) is 2.21. The van der Waals surface area contributed by atoms with Gasteiger partial charge in [-0.2, -0.15) is 0 Å². The molecule has 0 saturated heterocycles. The van der Waals surface area contributed by atoms with Gasteiger partial charge in [0.2, 0.25) is 0 Å². The van der Waals surface area contributed by atoms with E-state index in [-0.39, 0.29) is 0 Å². The van der Waals surface area contributed by atoms with Crippen molar-refractivity contribution in [3.8, 4) is 0 Å². The summed E-state index contributed by atoms with van der Waals surface area (Å²) < 4.78 is 1.16. The van der Waals surface area contributed by atoms with Crippen LogP contribution in [0, 0.1) is 5.92 Å². The molecule has 1 aromatic rings. The first kappa shape index (κ1) is 12.9. The highest BCUT2D eigenvalue weighted by Crippen LogP contribution is 2.32. The molecule has 1 aliphatic rings. The lowest BCUT2D eigenvalue weighted by Crippen LogP contribution is -2.23. The maximum atomic E-state index is 3.55. The molecule has 0 radical (unpaired) electrons. The summed E-state index contributed by atoms with van der Waals surface area (Å²) in [6, 6.07) is 6.58. The molecule has 0 heterocycles. The van der Waals surface area contributed by atoms with Crippen LogP contribution in [0.5, 0.6) is 0 Å². The first-order valence-electron chi connectivity index (χ1n) is 6.41. The number of hydrogen-bond acceptors (Lipinski definition) is 2. The van der Waals surface area contributed by atoms with E-state index in [2.05, 4.69) is 58.3 Å². The van der Waals surface area contributed by atoms with E-state index in [0.29, 0.717) is 0 Å². The number of hydrogen-bond donors (Lipinski definition) is 1. The SMILES string of the molecule is CCNCc1cc(Br)ccc1N(C)CC1CC1. The molecule has 1 saturated carbocycles. The molecule has 17 heavy (non-hydrogen) atoms. The first-order valence-corrected chi connectivity index (χ1v) is 7.20. The average Bonchev–Trinajstić information content (AvgIpc) is 3.10. The number of rotatable bonds is 6. The third-order valence-corrected chi connectivity index (χ3v) is 3.74. The average molecular weight is 297 g/mol. The van der Waals surface area contributed by atoms with Crippen LogP contribution in [0.3, 0.4) is 0 Å². The molecule has 0 spiro atoms. The van der Waals surface area contributed by atoms with Gasteiger partial charge >= 0.3 is 0 Å². The Kier molecular flexibility index (Phi) is 4.46. The van der Waals surface area contributed by atoms with Gasteiger partial charge in [0.15, 0.2) is 0 Å². The van der Waals surface area contributed by atoms with Crippen molar-refractivity contribution in [1.82, 2.24) is 5.32 Å². The highest BCUT2D eigenvalue weighted by molar-refractivity contribution is 9.10. The second kappa shape index (κ2) is 5.87. The van der Waals surface area contributed by atoms with Gasteiger partial charge in [0, 0.05) is 30.3 Å². The number of halogens is 1. The monoisotopic (exact) mass is 296 g/mol. The third-order valence-electron chi connectivity index (χ3n) is 3.25. The van der Waals surface area contributed by atoms with Crippen LogP contribution in [-0.2, 0) is 6.54 Å². The maximum Gasteiger partial charge on any atom is 0.0410 e. The van der Waals surface area contributed by atoms with E-state index in [1.807, 2.05) is 0 Å². The van der Waals surface area contributed by atoms with Gasteiger partial charge in [0.05, 0.1) is 0 Å². The van der Waals surface area contributed by atoms with Crippen molar-refractivity contribution in [3.63, 3.8) is 0 Å². The number of nitrogens with one attached hydrogen (secondary N) is 1. The summed E-state index contributed by atoms with van der Waals surface area (Å²) in [5.41, 5.74) is 2.74. The largest absolute Gasteiger partial charge is 0.374 e. The molecule has 3 heteroatoms. The molecule has 1 N–H and O–H groups in total.